The molecule has 0 amide bonds. The predicted molar refractivity (Wildman–Crippen MR) is 70.1 cm³/mol. The second kappa shape index (κ2) is 5.71. The van der Waals surface area contributed by atoms with E-state index in [1.807, 2.05) is 7.05 Å². The van der Waals surface area contributed by atoms with Crippen molar-refractivity contribution in [2.75, 3.05) is 39.9 Å². The molecule has 2 aliphatic rings. The molecule has 0 bridgehead atoms. The molecule has 4 unspecified atom stereocenters. The summed E-state index contributed by atoms with van der Waals surface area (Å²) < 4.78 is 5.56. The van der Waals surface area contributed by atoms with E-state index in [1.54, 1.807) is 0 Å². The van der Waals surface area contributed by atoms with Gasteiger partial charge in [0.25, 0.3) is 0 Å². The molecule has 0 spiro atoms. The van der Waals surface area contributed by atoms with Crippen molar-refractivity contribution in [3.05, 3.63) is 0 Å². The van der Waals surface area contributed by atoms with E-state index in [0.29, 0.717) is 12.0 Å². The molecule has 0 saturated carbocycles. The number of thioether (sulfide) groups is 1. The Balaban J connectivity index is 1.84. The molecular formula is C12H24N2OS. The summed E-state index contributed by atoms with van der Waals surface area (Å²) in [5.41, 5.74) is 0. The van der Waals surface area contributed by atoms with Gasteiger partial charge in [0.1, 0.15) is 0 Å². The third-order valence-corrected chi connectivity index (χ3v) is 4.78. The molecule has 0 aromatic rings. The van der Waals surface area contributed by atoms with E-state index in [4.69, 9.17) is 4.74 Å². The van der Waals surface area contributed by atoms with Gasteiger partial charge in [-0.2, -0.15) is 11.8 Å². The molecule has 0 radical (unpaired) electrons. The molecule has 4 heteroatoms. The molecule has 94 valence electrons. The van der Waals surface area contributed by atoms with Crippen molar-refractivity contribution < 1.29 is 4.74 Å². The van der Waals surface area contributed by atoms with Gasteiger partial charge in [0.2, 0.25) is 0 Å². The van der Waals surface area contributed by atoms with Crippen LogP contribution in [-0.2, 0) is 4.74 Å². The molecule has 0 aromatic heterocycles. The summed E-state index contributed by atoms with van der Waals surface area (Å²) in [4.78, 5) is 2.62. The topological polar surface area (TPSA) is 24.5 Å². The maximum absolute atomic E-state index is 5.56. The molecule has 1 N–H and O–H groups in total. The zero-order valence-electron chi connectivity index (χ0n) is 10.6. The summed E-state index contributed by atoms with van der Waals surface area (Å²) in [6.45, 7) is 10.2. The normalized spacial score (nSPS) is 41.4. The summed E-state index contributed by atoms with van der Waals surface area (Å²) in [6.07, 6.45) is 0. The smallest absolute Gasteiger partial charge is 0.0623 e. The van der Waals surface area contributed by atoms with Gasteiger partial charge in [-0.05, 0) is 7.05 Å². The Morgan fingerprint density at radius 2 is 1.94 bits per heavy atom. The van der Waals surface area contributed by atoms with Gasteiger partial charge in [0.05, 0.1) is 13.2 Å². The Labute approximate surface area is 103 Å². The van der Waals surface area contributed by atoms with Crippen LogP contribution in [0.4, 0.5) is 0 Å². The molecule has 2 saturated heterocycles. The van der Waals surface area contributed by atoms with Gasteiger partial charge in [0, 0.05) is 42.1 Å². The summed E-state index contributed by atoms with van der Waals surface area (Å²) in [7, 11) is 2.05. The van der Waals surface area contributed by atoms with Gasteiger partial charge in [-0.3, -0.25) is 0 Å². The fourth-order valence-corrected chi connectivity index (χ4v) is 4.25. The minimum absolute atomic E-state index is 0.556. The fraction of sp³-hybridized carbons (Fsp3) is 1.00. The minimum Gasteiger partial charge on any atom is -0.379 e. The van der Waals surface area contributed by atoms with Crippen LogP contribution in [0.5, 0.6) is 0 Å². The van der Waals surface area contributed by atoms with Crippen LogP contribution in [0, 0.1) is 5.92 Å². The number of hydrogen-bond acceptors (Lipinski definition) is 4. The highest BCUT2D eigenvalue weighted by Crippen LogP contribution is 2.26. The number of nitrogens with one attached hydrogen (secondary N) is 1. The van der Waals surface area contributed by atoms with Gasteiger partial charge in [-0.15, -0.1) is 0 Å². The molecule has 0 aliphatic carbocycles. The molecule has 2 rings (SSSR count). The maximum Gasteiger partial charge on any atom is 0.0623 e. The van der Waals surface area contributed by atoms with E-state index < -0.39 is 0 Å². The predicted octanol–water partition coefficient (Wildman–Crippen LogP) is 1.05. The lowest BCUT2D eigenvalue weighted by Crippen LogP contribution is -2.46. The van der Waals surface area contributed by atoms with Gasteiger partial charge in [-0.1, -0.05) is 13.8 Å². The molecular weight excluding hydrogens is 220 g/mol. The highest BCUT2D eigenvalue weighted by Gasteiger charge is 2.31. The fourth-order valence-electron chi connectivity index (χ4n) is 2.86. The number of ether oxygens (including phenoxy) is 1. The Hall–Kier alpha value is 0.230. The largest absolute Gasteiger partial charge is 0.379 e. The van der Waals surface area contributed by atoms with E-state index in [1.165, 1.54) is 19.6 Å². The standard InChI is InChI=1S/C12H24N2OS/c1-9-4-14(5-10(2)16-9)6-11-7-15-8-12(11)13-3/h9-13H,4-8H2,1-3H3. The third-order valence-electron chi connectivity index (χ3n) is 3.56. The van der Waals surface area contributed by atoms with Crippen molar-refractivity contribution in [2.45, 2.75) is 30.4 Å². The summed E-state index contributed by atoms with van der Waals surface area (Å²) in [5, 5.41) is 4.92. The van der Waals surface area contributed by atoms with Gasteiger partial charge < -0.3 is 15.0 Å². The van der Waals surface area contributed by atoms with E-state index in [0.717, 1.165) is 23.7 Å². The van der Waals surface area contributed by atoms with Crippen LogP contribution >= 0.6 is 11.8 Å². The lowest BCUT2D eigenvalue weighted by molar-refractivity contribution is 0.166. The lowest BCUT2D eigenvalue weighted by Gasteiger charge is -2.36. The highest BCUT2D eigenvalue weighted by atomic mass is 32.2. The Morgan fingerprint density at radius 3 is 2.56 bits per heavy atom. The zero-order valence-corrected chi connectivity index (χ0v) is 11.4. The first-order valence-electron chi connectivity index (χ1n) is 6.32. The van der Waals surface area contributed by atoms with E-state index in [2.05, 4.69) is 35.8 Å². The monoisotopic (exact) mass is 244 g/mol. The summed E-state index contributed by atoms with van der Waals surface area (Å²) in [6, 6.07) is 0.556. The molecule has 0 aromatic carbocycles. The highest BCUT2D eigenvalue weighted by molar-refractivity contribution is 8.00. The SMILES string of the molecule is CNC1COCC1CN1CC(C)SC(C)C1. The quantitative estimate of drug-likeness (QED) is 0.802. The van der Waals surface area contributed by atoms with Crippen LogP contribution in [0.2, 0.25) is 0 Å². The van der Waals surface area contributed by atoms with Crippen molar-refractivity contribution in [1.29, 1.82) is 0 Å². The van der Waals surface area contributed by atoms with Crippen LogP contribution in [0.15, 0.2) is 0 Å². The third kappa shape index (κ3) is 3.13. The number of nitrogens with zero attached hydrogens (tertiary/aromatic N) is 1. The maximum atomic E-state index is 5.56. The van der Waals surface area contributed by atoms with Gasteiger partial charge in [-0.25, -0.2) is 0 Å². The van der Waals surface area contributed by atoms with Crippen molar-refractivity contribution in [3.63, 3.8) is 0 Å². The Bertz CT molecular complexity index is 217. The Morgan fingerprint density at radius 1 is 1.25 bits per heavy atom. The second-order valence-electron chi connectivity index (χ2n) is 5.17. The lowest BCUT2D eigenvalue weighted by atomic mass is 10.0. The van der Waals surface area contributed by atoms with Crippen LogP contribution in [-0.4, -0.2) is 61.3 Å². The van der Waals surface area contributed by atoms with Crippen molar-refractivity contribution in [3.8, 4) is 0 Å². The number of likely N-dealkylation sites (N-methyl/N-ethyl adjacent to an activating group) is 1. The first kappa shape index (κ1) is 12.7. The van der Waals surface area contributed by atoms with E-state index in [9.17, 15) is 0 Å². The molecule has 16 heavy (non-hydrogen) atoms. The van der Waals surface area contributed by atoms with Crippen molar-refractivity contribution >= 4 is 11.8 Å². The molecule has 2 aliphatic heterocycles. The van der Waals surface area contributed by atoms with Crippen molar-refractivity contribution in [1.82, 2.24) is 10.2 Å². The summed E-state index contributed by atoms with van der Waals surface area (Å²) in [5.74, 6) is 0.674. The number of rotatable bonds is 3. The first-order chi connectivity index (χ1) is 7.69. The average molecular weight is 244 g/mol. The van der Waals surface area contributed by atoms with Gasteiger partial charge in [0.15, 0.2) is 0 Å². The Kier molecular flexibility index (Phi) is 4.53. The molecule has 3 nitrogen and oxygen atoms in total. The zero-order chi connectivity index (χ0) is 11.5. The number of hydrogen-bond donors (Lipinski definition) is 1. The van der Waals surface area contributed by atoms with E-state index in [-0.39, 0.29) is 0 Å². The van der Waals surface area contributed by atoms with E-state index >= 15 is 0 Å². The summed E-state index contributed by atoms with van der Waals surface area (Å²) >= 11 is 2.12. The second-order valence-corrected chi connectivity index (χ2v) is 7.05. The minimum atomic E-state index is 0.556. The average Bonchev–Trinajstić information content (AvgIpc) is 2.63. The molecule has 2 fully saturated rings. The van der Waals surface area contributed by atoms with Crippen LogP contribution < -0.4 is 5.32 Å². The van der Waals surface area contributed by atoms with Crippen LogP contribution in [0.25, 0.3) is 0 Å². The van der Waals surface area contributed by atoms with Crippen molar-refractivity contribution in [2.24, 2.45) is 5.92 Å². The van der Waals surface area contributed by atoms with Crippen LogP contribution in [0.3, 0.4) is 0 Å². The van der Waals surface area contributed by atoms with Gasteiger partial charge >= 0.3 is 0 Å². The molecule has 4 atom stereocenters. The van der Waals surface area contributed by atoms with Crippen LogP contribution in [0.1, 0.15) is 13.8 Å². The molecule has 2 heterocycles. The first-order valence-corrected chi connectivity index (χ1v) is 7.26.